The maximum absolute atomic E-state index is 10.6. The van der Waals surface area contributed by atoms with E-state index in [0.717, 1.165) is 25.3 Å². The number of unbranched alkanes of at least 4 members (excludes halogenated alkanes) is 1. The molecule has 0 bridgehead atoms. The topological polar surface area (TPSA) is 72.3 Å². The van der Waals surface area contributed by atoms with Gasteiger partial charge in [-0.25, -0.2) is 0 Å². The second kappa shape index (κ2) is 8.48. The number of rotatable bonds is 8. The van der Waals surface area contributed by atoms with Crippen LogP contribution in [0.15, 0.2) is 0 Å². The molecular formula is C13H27N3O. The summed E-state index contributed by atoms with van der Waals surface area (Å²) in [7, 11) is 0. The van der Waals surface area contributed by atoms with E-state index in [-0.39, 0.29) is 5.91 Å². The summed E-state index contributed by atoms with van der Waals surface area (Å²) in [6.45, 7) is 4.44. The molecule has 1 saturated heterocycles. The van der Waals surface area contributed by atoms with Crippen LogP contribution >= 0.6 is 0 Å². The van der Waals surface area contributed by atoms with Crippen LogP contribution in [0.1, 0.15) is 44.9 Å². The third-order valence-corrected chi connectivity index (χ3v) is 3.67. The van der Waals surface area contributed by atoms with Gasteiger partial charge in [0, 0.05) is 6.42 Å². The third kappa shape index (κ3) is 6.64. The molecule has 1 aliphatic heterocycles. The quantitative estimate of drug-likeness (QED) is 0.625. The summed E-state index contributed by atoms with van der Waals surface area (Å²) < 4.78 is 0. The molecule has 0 aromatic rings. The molecule has 1 heterocycles. The van der Waals surface area contributed by atoms with Crippen LogP contribution in [0, 0.1) is 5.92 Å². The highest BCUT2D eigenvalue weighted by Gasteiger charge is 2.18. The number of piperidine rings is 1. The Labute approximate surface area is 105 Å². The van der Waals surface area contributed by atoms with Crippen LogP contribution in [0.2, 0.25) is 0 Å². The maximum Gasteiger partial charge on any atom is 0.217 e. The first-order chi connectivity index (χ1) is 8.22. The lowest BCUT2D eigenvalue weighted by atomic mass is 9.91. The van der Waals surface area contributed by atoms with Crippen molar-refractivity contribution in [1.29, 1.82) is 0 Å². The first-order valence-corrected chi connectivity index (χ1v) is 6.93. The van der Waals surface area contributed by atoms with E-state index in [2.05, 4.69) is 4.90 Å². The minimum Gasteiger partial charge on any atom is -0.370 e. The van der Waals surface area contributed by atoms with E-state index in [9.17, 15) is 4.79 Å². The molecule has 0 aliphatic carbocycles. The van der Waals surface area contributed by atoms with E-state index in [4.69, 9.17) is 11.5 Å². The van der Waals surface area contributed by atoms with Crippen LogP contribution < -0.4 is 11.5 Å². The normalized spacial score (nSPS) is 18.4. The number of nitrogens with two attached hydrogens (primary N) is 2. The molecular weight excluding hydrogens is 214 g/mol. The van der Waals surface area contributed by atoms with Crippen molar-refractivity contribution in [3.63, 3.8) is 0 Å². The lowest BCUT2D eigenvalue weighted by Gasteiger charge is -2.31. The smallest absolute Gasteiger partial charge is 0.217 e. The van der Waals surface area contributed by atoms with Gasteiger partial charge in [-0.2, -0.15) is 0 Å². The molecule has 0 unspecified atom stereocenters. The summed E-state index contributed by atoms with van der Waals surface area (Å²) in [6, 6.07) is 0. The molecule has 0 saturated carbocycles. The Bertz CT molecular complexity index is 213. The highest BCUT2D eigenvalue weighted by Crippen LogP contribution is 2.22. The molecule has 1 rings (SSSR count). The summed E-state index contributed by atoms with van der Waals surface area (Å²) in [4.78, 5) is 13.2. The Morgan fingerprint density at radius 2 is 1.88 bits per heavy atom. The second-order valence-electron chi connectivity index (χ2n) is 5.14. The van der Waals surface area contributed by atoms with Gasteiger partial charge in [0.05, 0.1) is 0 Å². The van der Waals surface area contributed by atoms with Gasteiger partial charge in [0.2, 0.25) is 5.91 Å². The van der Waals surface area contributed by atoms with Crippen LogP contribution in [-0.2, 0) is 4.79 Å². The minimum atomic E-state index is -0.163. The zero-order valence-corrected chi connectivity index (χ0v) is 10.9. The number of amides is 1. The highest BCUT2D eigenvalue weighted by atomic mass is 16.1. The zero-order chi connectivity index (χ0) is 12.5. The van der Waals surface area contributed by atoms with Gasteiger partial charge in [-0.3, -0.25) is 4.79 Å². The predicted octanol–water partition coefficient (Wildman–Crippen LogP) is 1.09. The van der Waals surface area contributed by atoms with E-state index < -0.39 is 0 Å². The van der Waals surface area contributed by atoms with Crippen molar-refractivity contribution in [2.75, 3.05) is 26.2 Å². The first kappa shape index (κ1) is 14.5. The van der Waals surface area contributed by atoms with Crippen LogP contribution in [0.4, 0.5) is 0 Å². The Morgan fingerprint density at radius 1 is 1.18 bits per heavy atom. The van der Waals surface area contributed by atoms with E-state index in [1.807, 2.05) is 0 Å². The molecule has 0 aromatic heterocycles. The van der Waals surface area contributed by atoms with Crippen LogP contribution in [0.5, 0.6) is 0 Å². The first-order valence-electron chi connectivity index (χ1n) is 6.93. The van der Waals surface area contributed by atoms with E-state index in [1.54, 1.807) is 0 Å². The third-order valence-electron chi connectivity index (χ3n) is 3.67. The van der Waals surface area contributed by atoms with Gasteiger partial charge in [-0.1, -0.05) is 0 Å². The highest BCUT2D eigenvalue weighted by molar-refractivity contribution is 5.73. The van der Waals surface area contributed by atoms with Crippen LogP contribution in [0.3, 0.4) is 0 Å². The number of primary amides is 1. The number of hydrogen-bond acceptors (Lipinski definition) is 3. The lowest BCUT2D eigenvalue weighted by molar-refractivity contribution is -0.118. The Balaban J connectivity index is 2.03. The van der Waals surface area contributed by atoms with Gasteiger partial charge in [0.25, 0.3) is 0 Å². The summed E-state index contributed by atoms with van der Waals surface area (Å²) in [6.07, 6.45) is 7.60. The fourth-order valence-corrected chi connectivity index (χ4v) is 2.54. The largest absolute Gasteiger partial charge is 0.370 e. The SMILES string of the molecule is NCCCCN1CCC(CCCC(N)=O)CC1. The summed E-state index contributed by atoms with van der Waals surface area (Å²) >= 11 is 0. The number of nitrogens with zero attached hydrogens (tertiary/aromatic N) is 1. The molecule has 1 fully saturated rings. The average Bonchev–Trinajstić information content (AvgIpc) is 2.31. The molecule has 0 radical (unpaired) electrons. The van der Waals surface area contributed by atoms with Gasteiger partial charge in [0.1, 0.15) is 0 Å². The zero-order valence-electron chi connectivity index (χ0n) is 10.9. The number of hydrogen-bond donors (Lipinski definition) is 2. The van der Waals surface area contributed by atoms with E-state index in [0.29, 0.717) is 6.42 Å². The number of likely N-dealkylation sites (tertiary alicyclic amines) is 1. The molecule has 0 atom stereocenters. The van der Waals surface area contributed by atoms with Gasteiger partial charge >= 0.3 is 0 Å². The summed E-state index contributed by atoms with van der Waals surface area (Å²) in [5.74, 6) is 0.643. The monoisotopic (exact) mass is 241 g/mol. The van der Waals surface area contributed by atoms with Gasteiger partial charge in [-0.05, 0) is 70.6 Å². The van der Waals surface area contributed by atoms with Crippen molar-refractivity contribution in [1.82, 2.24) is 4.90 Å². The molecule has 100 valence electrons. The van der Waals surface area contributed by atoms with E-state index >= 15 is 0 Å². The maximum atomic E-state index is 10.6. The lowest BCUT2D eigenvalue weighted by Crippen LogP contribution is -2.34. The predicted molar refractivity (Wildman–Crippen MR) is 70.5 cm³/mol. The Morgan fingerprint density at radius 3 is 2.47 bits per heavy atom. The van der Waals surface area contributed by atoms with Crippen molar-refractivity contribution in [2.24, 2.45) is 17.4 Å². The Kier molecular flexibility index (Phi) is 7.21. The van der Waals surface area contributed by atoms with E-state index in [1.165, 1.54) is 45.3 Å². The number of carbonyl (C=O) groups excluding carboxylic acids is 1. The van der Waals surface area contributed by atoms with Gasteiger partial charge < -0.3 is 16.4 Å². The Hall–Kier alpha value is -0.610. The molecule has 4 heteroatoms. The molecule has 0 spiro atoms. The van der Waals surface area contributed by atoms with Crippen molar-refractivity contribution < 1.29 is 4.79 Å². The number of carbonyl (C=O) groups is 1. The molecule has 4 nitrogen and oxygen atoms in total. The van der Waals surface area contributed by atoms with Crippen molar-refractivity contribution in [3.8, 4) is 0 Å². The molecule has 17 heavy (non-hydrogen) atoms. The van der Waals surface area contributed by atoms with Crippen molar-refractivity contribution in [3.05, 3.63) is 0 Å². The van der Waals surface area contributed by atoms with Crippen molar-refractivity contribution >= 4 is 5.91 Å². The second-order valence-corrected chi connectivity index (χ2v) is 5.14. The molecule has 0 aromatic carbocycles. The summed E-state index contributed by atoms with van der Waals surface area (Å²) in [5.41, 5.74) is 10.6. The fraction of sp³-hybridized carbons (Fsp3) is 0.923. The summed E-state index contributed by atoms with van der Waals surface area (Å²) in [5, 5.41) is 0. The molecule has 1 aliphatic rings. The average molecular weight is 241 g/mol. The van der Waals surface area contributed by atoms with Gasteiger partial charge in [0.15, 0.2) is 0 Å². The fourth-order valence-electron chi connectivity index (χ4n) is 2.54. The molecule has 1 amide bonds. The van der Waals surface area contributed by atoms with Gasteiger partial charge in [-0.15, -0.1) is 0 Å². The van der Waals surface area contributed by atoms with Crippen LogP contribution in [0.25, 0.3) is 0 Å². The standard InChI is InChI=1S/C13H27N3O/c14-8-1-2-9-16-10-6-12(7-11-16)4-3-5-13(15)17/h12H,1-11,14H2,(H2,15,17). The minimum absolute atomic E-state index is 0.163. The molecule has 4 N–H and O–H groups in total. The van der Waals surface area contributed by atoms with Crippen molar-refractivity contribution in [2.45, 2.75) is 44.9 Å². The van der Waals surface area contributed by atoms with Crippen LogP contribution in [-0.4, -0.2) is 37.0 Å².